The molecule has 0 atom stereocenters. The Hall–Kier alpha value is -4.40. The van der Waals surface area contributed by atoms with E-state index in [9.17, 15) is 19.7 Å². The van der Waals surface area contributed by atoms with Crippen LogP contribution < -0.4 is 15.4 Å². The summed E-state index contributed by atoms with van der Waals surface area (Å²) >= 11 is 0. The van der Waals surface area contributed by atoms with Crippen molar-refractivity contribution in [3.05, 3.63) is 94.1 Å². The molecule has 0 saturated carbocycles. The first-order valence-electron chi connectivity index (χ1n) is 8.72. The van der Waals surface area contributed by atoms with Gasteiger partial charge in [0.15, 0.2) is 5.76 Å². The zero-order valence-corrected chi connectivity index (χ0v) is 15.8. The van der Waals surface area contributed by atoms with Gasteiger partial charge in [-0.15, -0.1) is 0 Å². The number of hydrogen-bond acceptors (Lipinski definition) is 6. The number of anilines is 1. The Bertz CT molecular complexity index is 1070. The maximum absolute atomic E-state index is 12.8. The van der Waals surface area contributed by atoms with Gasteiger partial charge in [-0.1, -0.05) is 0 Å². The number of carbonyl (C=O) groups excluding carboxylic acids is 2. The van der Waals surface area contributed by atoms with Crippen LogP contribution in [0.15, 0.2) is 77.0 Å². The van der Waals surface area contributed by atoms with Crippen LogP contribution in [0.25, 0.3) is 6.08 Å². The summed E-state index contributed by atoms with van der Waals surface area (Å²) in [6.07, 6.45) is 2.75. The Morgan fingerprint density at radius 3 is 2.33 bits per heavy atom. The molecule has 2 aromatic carbocycles. The topological polar surface area (TPSA) is 124 Å². The number of amides is 2. The van der Waals surface area contributed by atoms with Crippen LogP contribution in [-0.4, -0.2) is 23.8 Å². The van der Waals surface area contributed by atoms with Gasteiger partial charge in [0, 0.05) is 17.8 Å². The highest BCUT2D eigenvalue weighted by atomic mass is 16.6. The highest BCUT2D eigenvalue weighted by molar-refractivity contribution is 6.10. The molecule has 1 aromatic heterocycles. The maximum atomic E-state index is 12.8. The first kappa shape index (κ1) is 20.3. The van der Waals surface area contributed by atoms with E-state index in [0.29, 0.717) is 17.0 Å². The Labute approximate surface area is 171 Å². The fourth-order valence-electron chi connectivity index (χ4n) is 2.48. The predicted molar refractivity (Wildman–Crippen MR) is 109 cm³/mol. The van der Waals surface area contributed by atoms with Gasteiger partial charge in [-0.3, -0.25) is 19.7 Å². The molecule has 1 heterocycles. The standard InChI is InChI=1S/C21H17N3O6/c1-29-17-10-6-15(7-11-17)22-20(25)18(23-21(26)19-3-2-12-30-19)13-14-4-8-16(9-5-14)24(27)28/h2-13H,1H3,(H,22,25)(H,23,26)/b18-13+. The van der Waals surface area contributed by atoms with Crippen LogP contribution in [0.3, 0.4) is 0 Å². The number of non-ortho nitro benzene ring substituents is 1. The lowest BCUT2D eigenvalue weighted by molar-refractivity contribution is -0.384. The van der Waals surface area contributed by atoms with E-state index in [4.69, 9.17) is 9.15 Å². The molecule has 30 heavy (non-hydrogen) atoms. The molecule has 3 rings (SSSR count). The number of rotatable bonds is 7. The minimum absolute atomic E-state index is 0.0295. The second-order valence-corrected chi connectivity index (χ2v) is 6.02. The van der Waals surface area contributed by atoms with Gasteiger partial charge in [0.25, 0.3) is 17.5 Å². The van der Waals surface area contributed by atoms with E-state index in [1.165, 1.54) is 49.8 Å². The van der Waals surface area contributed by atoms with Crippen molar-refractivity contribution in [3.8, 4) is 5.75 Å². The third-order valence-corrected chi connectivity index (χ3v) is 4.00. The lowest BCUT2D eigenvalue weighted by atomic mass is 10.1. The molecule has 0 spiro atoms. The molecule has 2 amide bonds. The fourth-order valence-corrected chi connectivity index (χ4v) is 2.48. The summed E-state index contributed by atoms with van der Waals surface area (Å²) in [5, 5.41) is 16.0. The number of hydrogen-bond donors (Lipinski definition) is 2. The van der Waals surface area contributed by atoms with Gasteiger partial charge < -0.3 is 19.8 Å². The number of furan rings is 1. The SMILES string of the molecule is COc1ccc(NC(=O)/C(=C\c2ccc([N+](=O)[O-])cc2)NC(=O)c2ccco2)cc1. The molecule has 0 aliphatic rings. The van der Waals surface area contributed by atoms with Crippen molar-refractivity contribution in [2.75, 3.05) is 12.4 Å². The highest BCUT2D eigenvalue weighted by Crippen LogP contribution is 2.17. The molecule has 9 heteroatoms. The third-order valence-electron chi connectivity index (χ3n) is 4.00. The Balaban J connectivity index is 1.86. The quantitative estimate of drug-likeness (QED) is 0.350. The number of nitrogens with zero attached hydrogens (tertiary/aromatic N) is 1. The number of carbonyl (C=O) groups is 2. The number of ether oxygens (including phenoxy) is 1. The Morgan fingerprint density at radius 1 is 1.07 bits per heavy atom. The fraction of sp³-hybridized carbons (Fsp3) is 0.0476. The lowest BCUT2D eigenvalue weighted by Crippen LogP contribution is -2.30. The van der Waals surface area contributed by atoms with E-state index < -0.39 is 16.7 Å². The average Bonchev–Trinajstić information content (AvgIpc) is 3.29. The van der Waals surface area contributed by atoms with Crippen LogP contribution in [0, 0.1) is 10.1 Å². The van der Waals surface area contributed by atoms with Crippen molar-refractivity contribution in [3.63, 3.8) is 0 Å². The minimum Gasteiger partial charge on any atom is -0.497 e. The number of nitrogens with one attached hydrogen (secondary N) is 2. The van der Waals surface area contributed by atoms with Gasteiger partial charge in [-0.05, 0) is 60.2 Å². The minimum atomic E-state index is -0.613. The monoisotopic (exact) mass is 407 g/mol. The van der Waals surface area contributed by atoms with Gasteiger partial charge in [-0.2, -0.15) is 0 Å². The van der Waals surface area contributed by atoms with Crippen LogP contribution in [0.4, 0.5) is 11.4 Å². The van der Waals surface area contributed by atoms with E-state index in [1.807, 2.05) is 0 Å². The van der Waals surface area contributed by atoms with E-state index in [1.54, 1.807) is 30.3 Å². The normalized spacial score (nSPS) is 10.9. The molecule has 152 valence electrons. The van der Waals surface area contributed by atoms with E-state index in [0.717, 1.165) is 0 Å². The Morgan fingerprint density at radius 2 is 1.77 bits per heavy atom. The molecule has 0 aliphatic carbocycles. The Kier molecular flexibility index (Phi) is 6.23. The molecule has 0 unspecified atom stereocenters. The van der Waals surface area contributed by atoms with Crippen molar-refractivity contribution in [2.24, 2.45) is 0 Å². The predicted octanol–water partition coefficient (Wildman–Crippen LogP) is 3.61. The first-order valence-corrected chi connectivity index (χ1v) is 8.72. The van der Waals surface area contributed by atoms with Gasteiger partial charge in [0.1, 0.15) is 11.4 Å². The molecule has 0 aliphatic heterocycles. The molecule has 0 radical (unpaired) electrons. The summed E-state index contributed by atoms with van der Waals surface area (Å²) in [6.45, 7) is 0. The zero-order valence-electron chi connectivity index (χ0n) is 15.8. The summed E-state index contributed by atoms with van der Waals surface area (Å²) in [6, 6.07) is 15.2. The van der Waals surface area contributed by atoms with Crippen LogP contribution in [0.5, 0.6) is 5.75 Å². The zero-order chi connectivity index (χ0) is 21.5. The van der Waals surface area contributed by atoms with Crippen molar-refractivity contribution in [2.45, 2.75) is 0 Å². The lowest BCUT2D eigenvalue weighted by Gasteiger charge is -2.11. The largest absolute Gasteiger partial charge is 0.497 e. The van der Waals surface area contributed by atoms with E-state index in [2.05, 4.69) is 10.6 Å². The molecular formula is C21H17N3O6. The van der Waals surface area contributed by atoms with Crippen LogP contribution in [0.2, 0.25) is 0 Å². The summed E-state index contributed by atoms with van der Waals surface area (Å²) in [7, 11) is 1.53. The average molecular weight is 407 g/mol. The number of nitro groups is 1. The molecule has 0 bridgehead atoms. The second-order valence-electron chi connectivity index (χ2n) is 6.02. The van der Waals surface area contributed by atoms with Gasteiger partial charge >= 0.3 is 0 Å². The van der Waals surface area contributed by atoms with Crippen molar-refractivity contribution >= 4 is 29.3 Å². The third kappa shape index (κ3) is 5.10. The summed E-state index contributed by atoms with van der Waals surface area (Å²) in [5.41, 5.74) is 0.819. The van der Waals surface area contributed by atoms with Crippen molar-refractivity contribution in [1.82, 2.24) is 5.32 Å². The van der Waals surface area contributed by atoms with E-state index >= 15 is 0 Å². The van der Waals surface area contributed by atoms with Crippen LogP contribution in [0.1, 0.15) is 16.1 Å². The smallest absolute Gasteiger partial charge is 0.291 e. The summed E-state index contributed by atoms with van der Waals surface area (Å²) in [4.78, 5) is 35.4. The molecule has 2 N–H and O–H groups in total. The molecule has 0 fully saturated rings. The van der Waals surface area contributed by atoms with Gasteiger partial charge in [0.05, 0.1) is 18.3 Å². The molecule has 9 nitrogen and oxygen atoms in total. The van der Waals surface area contributed by atoms with E-state index in [-0.39, 0.29) is 17.1 Å². The van der Waals surface area contributed by atoms with Gasteiger partial charge in [0.2, 0.25) is 0 Å². The van der Waals surface area contributed by atoms with Crippen LogP contribution in [-0.2, 0) is 4.79 Å². The van der Waals surface area contributed by atoms with Crippen molar-refractivity contribution in [1.29, 1.82) is 0 Å². The second kappa shape index (κ2) is 9.20. The molecule has 0 saturated heterocycles. The highest BCUT2D eigenvalue weighted by Gasteiger charge is 2.17. The summed E-state index contributed by atoms with van der Waals surface area (Å²) in [5.74, 6) is -0.543. The van der Waals surface area contributed by atoms with Crippen molar-refractivity contribution < 1.29 is 23.7 Å². The molecular weight excluding hydrogens is 390 g/mol. The maximum Gasteiger partial charge on any atom is 0.291 e. The number of methoxy groups -OCH3 is 1. The number of benzene rings is 2. The summed E-state index contributed by atoms with van der Waals surface area (Å²) < 4.78 is 10.1. The molecule has 3 aromatic rings. The number of nitro benzene ring substituents is 1. The first-order chi connectivity index (χ1) is 14.5. The van der Waals surface area contributed by atoms with Crippen LogP contribution >= 0.6 is 0 Å². The van der Waals surface area contributed by atoms with Gasteiger partial charge in [-0.25, -0.2) is 0 Å².